The predicted octanol–water partition coefficient (Wildman–Crippen LogP) is 4.09. The summed E-state index contributed by atoms with van der Waals surface area (Å²) in [5.74, 6) is 0. The highest BCUT2D eigenvalue weighted by Crippen LogP contribution is 2.18. The Morgan fingerprint density at radius 3 is 1.73 bits per heavy atom. The van der Waals surface area contributed by atoms with Crippen molar-refractivity contribution < 1.29 is 0 Å². The first kappa shape index (κ1) is 10.5. The van der Waals surface area contributed by atoms with Gasteiger partial charge in [-0.1, -0.05) is 38.0 Å². The summed E-state index contributed by atoms with van der Waals surface area (Å²) in [7, 11) is 0. The van der Waals surface area contributed by atoms with Gasteiger partial charge in [0.1, 0.15) is 0 Å². The second-order valence-electron chi connectivity index (χ2n) is 2.76. The van der Waals surface area contributed by atoms with Gasteiger partial charge in [-0.05, 0) is 25.7 Å². The van der Waals surface area contributed by atoms with Crippen molar-refractivity contribution in [2.24, 2.45) is 0 Å². The van der Waals surface area contributed by atoms with Crippen LogP contribution < -0.4 is 0 Å². The zero-order valence-electron chi connectivity index (χ0n) is 8.11. The summed E-state index contributed by atoms with van der Waals surface area (Å²) in [5, 5.41) is 0. The third-order valence-electron chi connectivity index (χ3n) is 2.17. The van der Waals surface area contributed by atoms with Crippen molar-refractivity contribution in [2.45, 2.75) is 46.5 Å². The highest BCUT2D eigenvalue weighted by atomic mass is 14.0. The molecule has 0 rings (SSSR count). The first-order chi connectivity index (χ1) is 5.29. The van der Waals surface area contributed by atoms with Crippen LogP contribution in [-0.2, 0) is 0 Å². The smallest absolute Gasteiger partial charge is 0.0139 e. The third-order valence-corrected chi connectivity index (χ3v) is 2.17. The summed E-state index contributed by atoms with van der Waals surface area (Å²) >= 11 is 0. The minimum Gasteiger partial charge on any atom is -0.103 e. The van der Waals surface area contributed by atoms with Crippen molar-refractivity contribution in [1.82, 2.24) is 0 Å². The highest BCUT2D eigenvalue weighted by Gasteiger charge is 1.98. The Morgan fingerprint density at radius 2 is 1.45 bits per heavy atom. The molecule has 11 heavy (non-hydrogen) atoms. The van der Waals surface area contributed by atoms with E-state index in [4.69, 9.17) is 0 Å². The molecular formula is C11H20. The van der Waals surface area contributed by atoms with Gasteiger partial charge in [0, 0.05) is 0 Å². The van der Waals surface area contributed by atoms with Gasteiger partial charge in [0.05, 0.1) is 0 Å². The first-order valence-corrected chi connectivity index (χ1v) is 4.60. The van der Waals surface area contributed by atoms with Gasteiger partial charge >= 0.3 is 0 Å². The molecule has 0 N–H and O–H groups in total. The standard InChI is InChI=1S/C11H20/c1-5-9-11(8-4)10(6-2)7-3/h5H,1,6-9H2,2-4H3. The molecule has 0 radical (unpaired) electrons. The van der Waals surface area contributed by atoms with Crippen LogP contribution in [0.5, 0.6) is 0 Å². The van der Waals surface area contributed by atoms with E-state index < -0.39 is 0 Å². The molecule has 0 aromatic heterocycles. The largest absolute Gasteiger partial charge is 0.103 e. The molecule has 0 bridgehead atoms. The van der Waals surface area contributed by atoms with E-state index in [1.54, 1.807) is 11.1 Å². The zero-order chi connectivity index (χ0) is 8.69. The average molecular weight is 152 g/mol. The minimum atomic E-state index is 1.08. The molecule has 0 aliphatic rings. The van der Waals surface area contributed by atoms with Gasteiger partial charge in [-0.15, -0.1) is 6.58 Å². The van der Waals surface area contributed by atoms with Crippen molar-refractivity contribution in [1.29, 1.82) is 0 Å². The minimum absolute atomic E-state index is 1.08. The molecule has 0 nitrogen and oxygen atoms in total. The van der Waals surface area contributed by atoms with E-state index in [-0.39, 0.29) is 0 Å². The van der Waals surface area contributed by atoms with Gasteiger partial charge in [-0.3, -0.25) is 0 Å². The summed E-state index contributed by atoms with van der Waals surface area (Å²) < 4.78 is 0. The summed E-state index contributed by atoms with van der Waals surface area (Å²) in [6.45, 7) is 10.5. The van der Waals surface area contributed by atoms with Gasteiger partial charge in [0.15, 0.2) is 0 Å². The molecule has 0 saturated heterocycles. The van der Waals surface area contributed by atoms with Crippen LogP contribution in [0.4, 0.5) is 0 Å². The molecule has 64 valence electrons. The van der Waals surface area contributed by atoms with E-state index in [2.05, 4.69) is 27.4 Å². The topological polar surface area (TPSA) is 0 Å². The lowest BCUT2D eigenvalue weighted by Gasteiger charge is -2.08. The molecule has 0 aromatic carbocycles. The van der Waals surface area contributed by atoms with Crippen LogP contribution in [0.3, 0.4) is 0 Å². The Labute approximate surface area is 71.0 Å². The Morgan fingerprint density at radius 1 is 1.00 bits per heavy atom. The lowest BCUT2D eigenvalue weighted by Crippen LogP contribution is -1.88. The second kappa shape index (κ2) is 6.21. The van der Waals surface area contributed by atoms with Crippen LogP contribution >= 0.6 is 0 Å². The lowest BCUT2D eigenvalue weighted by atomic mass is 9.99. The maximum Gasteiger partial charge on any atom is -0.0139 e. The van der Waals surface area contributed by atoms with Gasteiger partial charge in [-0.25, -0.2) is 0 Å². The van der Waals surface area contributed by atoms with Crippen LogP contribution in [0.2, 0.25) is 0 Å². The monoisotopic (exact) mass is 152 g/mol. The van der Waals surface area contributed by atoms with Crippen molar-refractivity contribution in [3.05, 3.63) is 23.8 Å². The number of rotatable bonds is 5. The van der Waals surface area contributed by atoms with Crippen LogP contribution in [0.25, 0.3) is 0 Å². The quantitative estimate of drug-likeness (QED) is 0.520. The lowest BCUT2D eigenvalue weighted by molar-refractivity contribution is 0.886. The average Bonchev–Trinajstić information content (AvgIpc) is 2.05. The van der Waals surface area contributed by atoms with Crippen LogP contribution in [0.1, 0.15) is 46.5 Å². The molecule has 0 saturated carbocycles. The molecule has 0 spiro atoms. The van der Waals surface area contributed by atoms with E-state index in [1.165, 1.54) is 19.3 Å². The van der Waals surface area contributed by atoms with Gasteiger partial charge in [0.25, 0.3) is 0 Å². The maximum absolute atomic E-state index is 3.77. The Kier molecular flexibility index (Phi) is 5.91. The molecular weight excluding hydrogens is 132 g/mol. The molecule has 0 aromatic rings. The van der Waals surface area contributed by atoms with Crippen LogP contribution in [0, 0.1) is 0 Å². The third kappa shape index (κ3) is 3.41. The number of hydrogen-bond donors (Lipinski definition) is 0. The van der Waals surface area contributed by atoms with E-state index in [1.807, 2.05) is 6.08 Å². The molecule has 0 atom stereocenters. The molecule has 0 aliphatic heterocycles. The van der Waals surface area contributed by atoms with Crippen molar-refractivity contribution in [3.8, 4) is 0 Å². The SMILES string of the molecule is C=CCC(CC)=C(CC)CC. The molecule has 0 unspecified atom stereocenters. The molecule has 0 heterocycles. The fourth-order valence-corrected chi connectivity index (χ4v) is 1.46. The summed E-state index contributed by atoms with van der Waals surface area (Å²) in [5.41, 5.74) is 3.21. The van der Waals surface area contributed by atoms with Crippen molar-refractivity contribution >= 4 is 0 Å². The van der Waals surface area contributed by atoms with Crippen LogP contribution in [0.15, 0.2) is 23.8 Å². The van der Waals surface area contributed by atoms with E-state index in [0.717, 1.165) is 6.42 Å². The predicted molar refractivity (Wildman–Crippen MR) is 52.7 cm³/mol. The van der Waals surface area contributed by atoms with E-state index in [0.29, 0.717) is 0 Å². The van der Waals surface area contributed by atoms with Crippen LogP contribution in [-0.4, -0.2) is 0 Å². The fourth-order valence-electron chi connectivity index (χ4n) is 1.46. The Balaban J connectivity index is 4.33. The number of allylic oxidation sites excluding steroid dienone is 3. The second-order valence-corrected chi connectivity index (χ2v) is 2.76. The molecule has 0 amide bonds. The van der Waals surface area contributed by atoms with Gasteiger partial charge < -0.3 is 0 Å². The normalized spacial score (nSPS) is 9.36. The van der Waals surface area contributed by atoms with Gasteiger partial charge in [-0.2, -0.15) is 0 Å². The fraction of sp³-hybridized carbons (Fsp3) is 0.636. The Hall–Kier alpha value is -0.520. The van der Waals surface area contributed by atoms with E-state index in [9.17, 15) is 0 Å². The zero-order valence-corrected chi connectivity index (χ0v) is 8.11. The highest BCUT2D eigenvalue weighted by molar-refractivity contribution is 5.15. The molecule has 0 aliphatic carbocycles. The molecule has 0 fully saturated rings. The summed E-state index contributed by atoms with van der Waals surface area (Å²) in [6.07, 6.45) is 6.67. The number of hydrogen-bond acceptors (Lipinski definition) is 0. The maximum atomic E-state index is 3.77. The van der Waals surface area contributed by atoms with E-state index >= 15 is 0 Å². The first-order valence-electron chi connectivity index (χ1n) is 4.60. The summed E-state index contributed by atoms with van der Waals surface area (Å²) in [6, 6.07) is 0. The Bertz CT molecular complexity index is 134. The van der Waals surface area contributed by atoms with Crippen molar-refractivity contribution in [3.63, 3.8) is 0 Å². The van der Waals surface area contributed by atoms with Crippen molar-refractivity contribution in [2.75, 3.05) is 0 Å². The molecule has 0 heteroatoms. The summed E-state index contributed by atoms with van der Waals surface area (Å²) in [4.78, 5) is 0. The van der Waals surface area contributed by atoms with Gasteiger partial charge in [0.2, 0.25) is 0 Å².